The highest BCUT2D eigenvalue weighted by Crippen LogP contribution is 2.31. The molecule has 3 rings (SSSR count). The highest BCUT2D eigenvalue weighted by Gasteiger charge is 2.12. The molecule has 0 bridgehead atoms. The number of unbranched alkanes of at least 4 members (excludes halogenated alkanes) is 2. The van der Waals surface area contributed by atoms with Gasteiger partial charge in [0.05, 0.1) is 12.1 Å². The summed E-state index contributed by atoms with van der Waals surface area (Å²) in [6.45, 7) is 6.25. The summed E-state index contributed by atoms with van der Waals surface area (Å²) in [5.74, 6) is 0.775. The van der Waals surface area contributed by atoms with Gasteiger partial charge >= 0.3 is 0 Å². The molecule has 28 heavy (non-hydrogen) atoms. The van der Waals surface area contributed by atoms with Gasteiger partial charge in [0.25, 0.3) is 0 Å². The standard InChI is InChI=1S/C24H31NO3/c1-3-5-9-14-25-23(19-10-7-6-8-11-19)15-20-12-13-22(16-24(20)25)28-18-21(26)17-27-4-2/h6-8,10-13,15-16,21,26H,3-5,9,14,17-18H2,1-2H3. The van der Waals surface area contributed by atoms with Gasteiger partial charge in [-0.3, -0.25) is 0 Å². The summed E-state index contributed by atoms with van der Waals surface area (Å²) in [4.78, 5) is 0. The minimum absolute atomic E-state index is 0.230. The molecule has 2 aromatic carbocycles. The molecule has 150 valence electrons. The molecule has 4 nitrogen and oxygen atoms in total. The third-order valence-electron chi connectivity index (χ3n) is 4.89. The fraction of sp³-hybridized carbons (Fsp3) is 0.417. The summed E-state index contributed by atoms with van der Waals surface area (Å²) < 4.78 is 13.5. The Morgan fingerprint density at radius 2 is 1.79 bits per heavy atom. The Bertz CT molecular complexity index is 857. The lowest BCUT2D eigenvalue weighted by Gasteiger charge is -2.14. The van der Waals surface area contributed by atoms with Gasteiger partial charge in [0.1, 0.15) is 18.5 Å². The van der Waals surface area contributed by atoms with Crippen LogP contribution in [0, 0.1) is 0 Å². The van der Waals surface area contributed by atoms with Crippen LogP contribution in [0.5, 0.6) is 5.75 Å². The third-order valence-corrected chi connectivity index (χ3v) is 4.89. The van der Waals surface area contributed by atoms with E-state index in [1.165, 1.54) is 35.0 Å². The molecule has 0 spiro atoms. The van der Waals surface area contributed by atoms with Gasteiger partial charge < -0.3 is 19.1 Å². The van der Waals surface area contributed by atoms with Crippen LogP contribution in [0.15, 0.2) is 54.6 Å². The molecule has 1 aromatic heterocycles. The fourth-order valence-corrected chi connectivity index (χ4v) is 3.43. The number of aryl methyl sites for hydroxylation is 1. The maximum Gasteiger partial charge on any atom is 0.121 e. The number of aliphatic hydroxyl groups is 1. The molecule has 1 N–H and O–H groups in total. The summed E-state index contributed by atoms with van der Waals surface area (Å²) in [6, 6.07) is 18.9. The fourth-order valence-electron chi connectivity index (χ4n) is 3.43. The summed E-state index contributed by atoms with van der Waals surface area (Å²) in [5, 5.41) is 11.2. The molecule has 0 radical (unpaired) electrons. The van der Waals surface area contributed by atoms with Crippen molar-refractivity contribution in [3.8, 4) is 17.0 Å². The van der Waals surface area contributed by atoms with Crippen LogP contribution in [0.4, 0.5) is 0 Å². The highest BCUT2D eigenvalue weighted by molar-refractivity contribution is 5.88. The first kappa shape index (κ1) is 20.4. The van der Waals surface area contributed by atoms with E-state index in [-0.39, 0.29) is 6.61 Å². The van der Waals surface area contributed by atoms with Gasteiger partial charge in [-0.25, -0.2) is 0 Å². The summed E-state index contributed by atoms with van der Waals surface area (Å²) in [6.07, 6.45) is 2.95. The Morgan fingerprint density at radius 3 is 2.54 bits per heavy atom. The number of aromatic nitrogens is 1. The van der Waals surface area contributed by atoms with Crippen LogP contribution in [0.1, 0.15) is 33.1 Å². The number of hydrogen-bond acceptors (Lipinski definition) is 3. The zero-order valence-electron chi connectivity index (χ0n) is 16.9. The summed E-state index contributed by atoms with van der Waals surface area (Å²) >= 11 is 0. The van der Waals surface area contributed by atoms with Crippen LogP contribution < -0.4 is 4.74 Å². The molecular weight excluding hydrogens is 350 g/mol. The average Bonchev–Trinajstić information content (AvgIpc) is 3.09. The quantitative estimate of drug-likeness (QED) is 0.460. The highest BCUT2D eigenvalue weighted by atomic mass is 16.5. The van der Waals surface area contributed by atoms with E-state index in [0.29, 0.717) is 13.2 Å². The minimum atomic E-state index is -0.619. The second-order valence-corrected chi connectivity index (χ2v) is 7.10. The Morgan fingerprint density at radius 1 is 0.964 bits per heavy atom. The molecular formula is C24H31NO3. The lowest BCUT2D eigenvalue weighted by Crippen LogP contribution is -2.23. The van der Waals surface area contributed by atoms with Crippen LogP contribution >= 0.6 is 0 Å². The molecule has 0 fully saturated rings. The van der Waals surface area contributed by atoms with Crippen molar-refractivity contribution in [3.05, 3.63) is 54.6 Å². The van der Waals surface area contributed by atoms with E-state index in [4.69, 9.17) is 9.47 Å². The first-order valence-electron chi connectivity index (χ1n) is 10.3. The van der Waals surface area contributed by atoms with Crippen molar-refractivity contribution in [1.29, 1.82) is 0 Å². The van der Waals surface area contributed by atoms with Crippen molar-refractivity contribution >= 4 is 10.9 Å². The van der Waals surface area contributed by atoms with E-state index in [9.17, 15) is 5.11 Å². The van der Waals surface area contributed by atoms with Gasteiger partial charge in [0.15, 0.2) is 0 Å². The zero-order valence-corrected chi connectivity index (χ0v) is 16.9. The van der Waals surface area contributed by atoms with Crippen LogP contribution in [-0.4, -0.2) is 35.6 Å². The number of hydrogen-bond donors (Lipinski definition) is 1. The average molecular weight is 382 g/mol. The number of nitrogens with zero attached hydrogens (tertiary/aromatic N) is 1. The van der Waals surface area contributed by atoms with Crippen molar-refractivity contribution in [1.82, 2.24) is 4.57 Å². The van der Waals surface area contributed by atoms with Gasteiger partial charge in [-0.15, -0.1) is 0 Å². The SMILES string of the molecule is CCCCCn1c(-c2ccccc2)cc2ccc(OCC(O)COCC)cc21. The van der Waals surface area contributed by atoms with Crippen LogP contribution in [-0.2, 0) is 11.3 Å². The minimum Gasteiger partial charge on any atom is -0.491 e. The van der Waals surface area contributed by atoms with Crippen molar-refractivity contribution < 1.29 is 14.6 Å². The predicted molar refractivity (Wildman–Crippen MR) is 115 cm³/mol. The number of fused-ring (bicyclic) bond motifs is 1. The van der Waals surface area contributed by atoms with Gasteiger partial charge in [0, 0.05) is 30.3 Å². The van der Waals surface area contributed by atoms with Crippen molar-refractivity contribution in [2.45, 2.75) is 45.8 Å². The van der Waals surface area contributed by atoms with Gasteiger partial charge in [0.2, 0.25) is 0 Å². The molecule has 0 aliphatic carbocycles. The first-order valence-corrected chi connectivity index (χ1v) is 10.3. The Balaban J connectivity index is 1.86. The number of ether oxygens (including phenoxy) is 2. The Kier molecular flexibility index (Phi) is 7.52. The monoisotopic (exact) mass is 381 g/mol. The van der Waals surface area contributed by atoms with E-state index in [0.717, 1.165) is 18.7 Å². The number of aliphatic hydroxyl groups excluding tert-OH is 1. The Hall–Kier alpha value is -2.30. The smallest absolute Gasteiger partial charge is 0.121 e. The molecule has 4 heteroatoms. The molecule has 0 saturated heterocycles. The topological polar surface area (TPSA) is 43.6 Å². The van der Waals surface area contributed by atoms with Gasteiger partial charge in [-0.2, -0.15) is 0 Å². The molecule has 1 unspecified atom stereocenters. The maximum atomic E-state index is 9.95. The van der Waals surface area contributed by atoms with Crippen LogP contribution in [0.25, 0.3) is 22.2 Å². The summed E-state index contributed by atoms with van der Waals surface area (Å²) in [7, 11) is 0. The predicted octanol–water partition coefficient (Wildman–Crippen LogP) is 5.27. The lowest BCUT2D eigenvalue weighted by molar-refractivity contribution is 0.0165. The molecule has 0 aliphatic rings. The zero-order chi connectivity index (χ0) is 19.8. The van der Waals surface area contributed by atoms with Crippen LogP contribution in [0.3, 0.4) is 0 Å². The first-order chi connectivity index (χ1) is 13.7. The van der Waals surface area contributed by atoms with E-state index < -0.39 is 6.10 Å². The van der Waals surface area contributed by atoms with Gasteiger partial charge in [-0.1, -0.05) is 50.1 Å². The molecule has 3 aromatic rings. The molecule has 0 aliphatic heterocycles. The summed E-state index contributed by atoms with van der Waals surface area (Å²) in [5.41, 5.74) is 3.64. The Labute approximate surface area is 167 Å². The molecule has 1 heterocycles. The largest absolute Gasteiger partial charge is 0.491 e. The second kappa shape index (κ2) is 10.3. The van der Waals surface area contributed by atoms with Crippen molar-refractivity contribution in [3.63, 3.8) is 0 Å². The van der Waals surface area contributed by atoms with E-state index in [1.807, 2.05) is 19.1 Å². The maximum absolute atomic E-state index is 9.95. The number of benzene rings is 2. The molecule has 0 amide bonds. The third kappa shape index (κ3) is 5.15. The molecule has 1 atom stereocenters. The second-order valence-electron chi connectivity index (χ2n) is 7.10. The van der Waals surface area contributed by atoms with Crippen molar-refractivity contribution in [2.75, 3.05) is 19.8 Å². The van der Waals surface area contributed by atoms with E-state index >= 15 is 0 Å². The van der Waals surface area contributed by atoms with E-state index in [2.05, 4.69) is 54.0 Å². The molecule has 0 saturated carbocycles. The van der Waals surface area contributed by atoms with E-state index in [1.54, 1.807) is 0 Å². The van der Waals surface area contributed by atoms with Crippen molar-refractivity contribution in [2.24, 2.45) is 0 Å². The van der Waals surface area contributed by atoms with Gasteiger partial charge in [-0.05, 0) is 37.1 Å². The van der Waals surface area contributed by atoms with Crippen LogP contribution in [0.2, 0.25) is 0 Å². The number of rotatable bonds is 11. The lowest BCUT2D eigenvalue weighted by atomic mass is 10.1. The normalized spacial score (nSPS) is 12.4.